The third-order valence-corrected chi connectivity index (χ3v) is 6.59. The van der Waals surface area contributed by atoms with E-state index in [4.69, 9.17) is 9.47 Å². The number of aromatic nitrogens is 2. The third-order valence-electron chi connectivity index (χ3n) is 4.87. The summed E-state index contributed by atoms with van der Waals surface area (Å²) in [6, 6.07) is 11.4. The van der Waals surface area contributed by atoms with Gasteiger partial charge in [-0.05, 0) is 23.6 Å². The number of thiophene rings is 1. The number of hydrogen-bond acceptors (Lipinski definition) is 6. The minimum Gasteiger partial charge on any atom is -0.486 e. The normalized spacial score (nSPS) is 12.8. The van der Waals surface area contributed by atoms with Crippen molar-refractivity contribution in [3.05, 3.63) is 64.4 Å². The molecular weight excluding hydrogens is 456 g/mol. The van der Waals surface area contributed by atoms with Crippen LogP contribution < -0.4 is 14.4 Å². The molecule has 0 unspecified atom stereocenters. The Bertz CT molecular complexity index is 1240. The van der Waals surface area contributed by atoms with Gasteiger partial charge in [-0.25, -0.2) is 13.8 Å². The van der Waals surface area contributed by atoms with Gasteiger partial charge in [0.25, 0.3) is 0 Å². The molecule has 4 aromatic rings. The van der Waals surface area contributed by atoms with Gasteiger partial charge in [0, 0.05) is 28.8 Å². The van der Waals surface area contributed by atoms with Crippen LogP contribution in [-0.2, 0) is 11.3 Å². The van der Waals surface area contributed by atoms with E-state index in [-0.39, 0.29) is 11.7 Å². The number of halogens is 2. The summed E-state index contributed by atoms with van der Waals surface area (Å²) < 4.78 is 38.2. The van der Waals surface area contributed by atoms with E-state index in [0.717, 1.165) is 17.0 Å². The van der Waals surface area contributed by atoms with Gasteiger partial charge in [-0.1, -0.05) is 17.8 Å². The molecule has 0 fully saturated rings. The molecule has 2 aromatic heterocycles. The fourth-order valence-corrected chi connectivity index (χ4v) is 4.79. The van der Waals surface area contributed by atoms with Crippen molar-refractivity contribution in [2.45, 2.75) is 11.7 Å². The Kier molecular flexibility index (Phi) is 5.71. The number of anilines is 1. The SMILES string of the molecule is O=C(CSc1nc2cc(F)c(F)cc2[nH]1)N(Cc1cccs1)c1ccc2c(c1)OCCO2. The molecule has 6 nitrogen and oxygen atoms in total. The average Bonchev–Trinajstić information content (AvgIpc) is 3.45. The van der Waals surface area contributed by atoms with Gasteiger partial charge in [0.05, 0.1) is 23.3 Å². The molecule has 0 saturated heterocycles. The second kappa shape index (κ2) is 8.79. The number of carbonyl (C=O) groups is 1. The number of ether oxygens (including phenoxy) is 2. The molecule has 5 rings (SSSR count). The highest BCUT2D eigenvalue weighted by atomic mass is 32.2. The number of rotatable bonds is 6. The van der Waals surface area contributed by atoms with E-state index in [1.54, 1.807) is 28.4 Å². The Morgan fingerprint density at radius 3 is 2.75 bits per heavy atom. The van der Waals surface area contributed by atoms with E-state index in [0.29, 0.717) is 53.1 Å². The summed E-state index contributed by atoms with van der Waals surface area (Å²) in [5, 5.41) is 2.38. The summed E-state index contributed by atoms with van der Waals surface area (Å²) in [6.07, 6.45) is 0. The molecular formula is C22H17F2N3O3S2. The minimum absolute atomic E-state index is 0.0879. The number of fused-ring (bicyclic) bond motifs is 2. The summed E-state index contributed by atoms with van der Waals surface area (Å²) in [5.41, 5.74) is 1.38. The van der Waals surface area contributed by atoms with Crippen molar-refractivity contribution in [2.24, 2.45) is 0 Å². The van der Waals surface area contributed by atoms with Crippen LogP contribution in [0.15, 0.2) is 53.0 Å². The van der Waals surface area contributed by atoms with Crippen molar-refractivity contribution >= 4 is 45.7 Å². The van der Waals surface area contributed by atoms with Crippen LogP contribution in [0.25, 0.3) is 11.0 Å². The highest BCUT2D eigenvalue weighted by Crippen LogP contribution is 2.35. The number of imidazole rings is 1. The number of amides is 1. The summed E-state index contributed by atoms with van der Waals surface area (Å²) in [6.45, 7) is 1.36. The van der Waals surface area contributed by atoms with Crippen molar-refractivity contribution in [2.75, 3.05) is 23.9 Å². The molecule has 0 atom stereocenters. The van der Waals surface area contributed by atoms with Gasteiger partial charge < -0.3 is 19.4 Å². The first kappa shape index (κ1) is 20.8. The molecule has 10 heteroatoms. The van der Waals surface area contributed by atoms with E-state index in [9.17, 15) is 13.6 Å². The van der Waals surface area contributed by atoms with E-state index >= 15 is 0 Å². The zero-order valence-corrected chi connectivity index (χ0v) is 18.3. The van der Waals surface area contributed by atoms with Crippen LogP contribution in [0.4, 0.5) is 14.5 Å². The van der Waals surface area contributed by atoms with Crippen molar-refractivity contribution in [3.63, 3.8) is 0 Å². The van der Waals surface area contributed by atoms with Crippen LogP contribution >= 0.6 is 23.1 Å². The van der Waals surface area contributed by atoms with Crippen LogP contribution in [0.2, 0.25) is 0 Å². The van der Waals surface area contributed by atoms with Crippen LogP contribution in [0, 0.1) is 11.6 Å². The Hall–Kier alpha value is -3.11. The van der Waals surface area contributed by atoms with Crippen molar-refractivity contribution in [1.29, 1.82) is 0 Å². The molecule has 1 amide bonds. The Morgan fingerprint density at radius 1 is 1.12 bits per heavy atom. The van der Waals surface area contributed by atoms with Crippen LogP contribution in [0.1, 0.15) is 4.88 Å². The molecule has 1 aliphatic rings. The molecule has 0 aliphatic carbocycles. The number of H-pyrrole nitrogens is 1. The first-order chi connectivity index (χ1) is 15.6. The van der Waals surface area contributed by atoms with Gasteiger partial charge in [-0.2, -0.15) is 0 Å². The van der Waals surface area contributed by atoms with Gasteiger partial charge in [0.2, 0.25) is 5.91 Å². The van der Waals surface area contributed by atoms with E-state index in [2.05, 4.69) is 9.97 Å². The molecule has 0 radical (unpaired) electrons. The first-order valence-electron chi connectivity index (χ1n) is 9.77. The van der Waals surface area contributed by atoms with E-state index in [1.165, 1.54) is 11.8 Å². The monoisotopic (exact) mass is 473 g/mol. The third kappa shape index (κ3) is 4.28. The van der Waals surface area contributed by atoms with Gasteiger partial charge in [0.1, 0.15) is 13.2 Å². The average molecular weight is 474 g/mol. The smallest absolute Gasteiger partial charge is 0.237 e. The molecule has 0 saturated carbocycles. The molecule has 1 N–H and O–H groups in total. The Labute approximate surface area is 190 Å². The first-order valence-corrected chi connectivity index (χ1v) is 11.6. The van der Waals surface area contributed by atoms with E-state index in [1.807, 2.05) is 23.6 Å². The molecule has 3 heterocycles. The zero-order chi connectivity index (χ0) is 22.1. The number of aromatic amines is 1. The maximum atomic E-state index is 13.5. The molecule has 2 aromatic carbocycles. The minimum atomic E-state index is -0.961. The quantitative estimate of drug-likeness (QED) is 0.399. The van der Waals surface area contributed by atoms with Crippen LogP contribution in [0.3, 0.4) is 0 Å². The second-order valence-electron chi connectivity index (χ2n) is 7.00. The number of nitrogens with one attached hydrogen (secondary N) is 1. The van der Waals surface area contributed by atoms with E-state index < -0.39 is 11.6 Å². The zero-order valence-electron chi connectivity index (χ0n) is 16.6. The lowest BCUT2D eigenvalue weighted by Crippen LogP contribution is -2.31. The number of benzene rings is 2. The fourth-order valence-electron chi connectivity index (χ4n) is 3.34. The molecule has 1 aliphatic heterocycles. The molecule has 0 bridgehead atoms. The molecule has 0 spiro atoms. The lowest BCUT2D eigenvalue weighted by molar-refractivity contribution is -0.116. The highest BCUT2D eigenvalue weighted by Gasteiger charge is 2.21. The molecule has 32 heavy (non-hydrogen) atoms. The Balaban J connectivity index is 1.37. The predicted molar refractivity (Wildman–Crippen MR) is 120 cm³/mol. The standard InChI is InChI=1S/C22H17F2N3O3S2/c23-15-9-17-18(10-16(15)24)26-22(25-17)32-12-21(28)27(11-14-2-1-7-31-14)13-3-4-19-20(8-13)30-6-5-29-19/h1-4,7-10H,5-6,11-12H2,(H,25,26). The lowest BCUT2D eigenvalue weighted by atomic mass is 10.2. The number of thioether (sulfide) groups is 1. The summed E-state index contributed by atoms with van der Waals surface area (Å²) in [5.74, 6) is -0.707. The van der Waals surface area contributed by atoms with Gasteiger partial charge >= 0.3 is 0 Å². The lowest BCUT2D eigenvalue weighted by Gasteiger charge is -2.25. The van der Waals surface area contributed by atoms with Crippen LogP contribution in [-0.4, -0.2) is 34.8 Å². The number of carbonyl (C=O) groups excluding carboxylic acids is 1. The maximum Gasteiger partial charge on any atom is 0.237 e. The molecule has 164 valence electrons. The number of nitrogens with zero attached hydrogens (tertiary/aromatic N) is 2. The summed E-state index contributed by atoms with van der Waals surface area (Å²) in [7, 11) is 0. The maximum absolute atomic E-state index is 13.5. The highest BCUT2D eigenvalue weighted by molar-refractivity contribution is 7.99. The van der Waals surface area contributed by atoms with Crippen molar-refractivity contribution in [1.82, 2.24) is 9.97 Å². The largest absolute Gasteiger partial charge is 0.486 e. The topological polar surface area (TPSA) is 67.5 Å². The second-order valence-corrected chi connectivity index (χ2v) is 9.00. The summed E-state index contributed by atoms with van der Waals surface area (Å²) >= 11 is 2.74. The van der Waals surface area contributed by atoms with Gasteiger partial charge in [-0.15, -0.1) is 11.3 Å². The Morgan fingerprint density at radius 2 is 1.94 bits per heavy atom. The number of hydrogen-bond donors (Lipinski definition) is 1. The van der Waals surface area contributed by atoms with Crippen LogP contribution in [0.5, 0.6) is 11.5 Å². The van der Waals surface area contributed by atoms with Crippen molar-refractivity contribution < 1.29 is 23.0 Å². The van der Waals surface area contributed by atoms with Gasteiger partial charge in [0.15, 0.2) is 28.3 Å². The fraction of sp³-hybridized carbons (Fsp3) is 0.182. The summed E-state index contributed by atoms with van der Waals surface area (Å²) in [4.78, 5) is 23.1. The van der Waals surface area contributed by atoms with Crippen molar-refractivity contribution in [3.8, 4) is 11.5 Å². The predicted octanol–water partition coefficient (Wildman–Crippen LogP) is 5.00. The van der Waals surface area contributed by atoms with Gasteiger partial charge in [-0.3, -0.25) is 4.79 Å².